The lowest BCUT2D eigenvalue weighted by Gasteiger charge is -2.11. The molecule has 0 aliphatic carbocycles. The van der Waals surface area contributed by atoms with Gasteiger partial charge in [-0.05, 0) is 55.0 Å². The van der Waals surface area contributed by atoms with Crippen molar-refractivity contribution in [2.24, 2.45) is 5.10 Å². The Balaban J connectivity index is 1.37. The van der Waals surface area contributed by atoms with Gasteiger partial charge in [0.25, 0.3) is 5.91 Å². The first-order chi connectivity index (χ1) is 19.2. The van der Waals surface area contributed by atoms with Crippen molar-refractivity contribution in [2.75, 3.05) is 5.01 Å². The van der Waals surface area contributed by atoms with Crippen LogP contribution in [0.2, 0.25) is 0 Å². The topological polar surface area (TPSA) is 59.7 Å². The van der Waals surface area contributed by atoms with Gasteiger partial charge in [-0.25, -0.2) is 4.68 Å². The van der Waals surface area contributed by atoms with Crippen LogP contribution < -0.4 is 9.75 Å². The fourth-order valence-corrected chi connectivity index (χ4v) is 4.49. The van der Waals surface area contributed by atoms with Crippen LogP contribution in [-0.2, 0) is 11.4 Å². The number of amides is 1. The molecule has 190 valence electrons. The molecule has 6 rings (SSSR count). The number of anilines is 1. The number of para-hydroxylation sites is 2. The Hall–Kier alpha value is -5.23. The van der Waals surface area contributed by atoms with E-state index in [1.54, 1.807) is 0 Å². The van der Waals surface area contributed by atoms with Gasteiger partial charge >= 0.3 is 0 Å². The monoisotopic (exact) mass is 510 g/mol. The largest absolute Gasteiger partial charge is 0.489 e. The van der Waals surface area contributed by atoms with E-state index in [0.29, 0.717) is 17.9 Å². The second-order valence-electron chi connectivity index (χ2n) is 9.21. The number of benzene rings is 4. The predicted molar refractivity (Wildman–Crippen MR) is 155 cm³/mol. The quantitative estimate of drug-likeness (QED) is 0.223. The molecule has 1 aromatic heterocycles. The standard InChI is InChI=1S/C33H26N4O2/c1-24-31(33(38)37(34-24)29-17-9-4-10-18-29)21-27-22-36(28-15-7-3-8-16-28)35-32(27)26-14-11-19-30(20-26)39-23-25-12-5-2-6-13-25/h2-22H,23H2,1H3. The molecule has 1 aliphatic rings. The van der Waals surface area contributed by atoms with Crippen molar-refractivity contribution >= 4 is 23.4 Å². The molecular weight excluding hydrogens is 484 g/mol. The Morgan fingerprint density at radius 2 is 1.46 bits per heavy atom. The maximum absolute atomic E-state index is 13.4. The molecule has 1 aliphatic heterocycles. The van der Waals surface area contributed by atoms with E-state index >= 15 is 0 Å². The number of hydrazone groups is 1. The molecule has 2 heterocycles. The first kappa shape index (κ1) is 24.1. The fourth-order valence-electron chi connectivity index (χ4n) is 4.49. The van der Waals surface area contributed by atoms with Gasteiger partial charge in [0.05, 0.1) is 22.7 Å². The molecule has 0 atom stereocenters. The highest BCUT2D eigenvalue weighted by molar-refractivity contribution is 6.32. The average Bonchev–Trinajstić information content (AvgIpc) is 3.54. The number of carbonyl (C=O) groups excluding carboxylic acids is 1. The minimum Gasteiger partial charge on any atom is -0.489 e. The van der Waals surface area contributed by atoms with Crippen LogP contribution in [0.1, 0.15) is 18.1 Å². The lowest BCUT2D eigenvalue weighted by Crippen LogP contribution is -2.21. The van der Waals surface area contributed by atoms with Gasteiger partial charge in [0.1, 0.15) is 18.1 Å². The Labute approximate surface area is 227 Å². The van der Waals surface area contributed by atoms with Crippen LogP contribution in [0.15, 0.2) is 132 Å². The molecule has 0 saturated carbocycles. The summed E-state index contributed by atoms with van der Waals surface area (Å²) in [4.78, 5) is 13.4. The molecule has 0 unspecified atom stereocenters. The highest BCUT2D eigenvalue weighted by atomic mass is 16.5. The molecule has 0 fully saturated rings. The number of hydrogen-bond donors (Lipinski definition) is 0. The number of ether oxygens (including phenoxy) is 1. The zero-order chi connectivity index (χ0) is 26.6. The van der Waals surface area contributed by atoms with E-state index in [-0.39, 0.29) is 5.91 Å². The summed E-state index contributed by atoms with van der Waals surface area (Å²) < 4.78 is 7.92. The van der Waals surface area contributed by atoms with Crippen molar-refractivity contribution in [3.8, 4) is 22.7 Å². The van der Waals surface area contributed by atoms with Gasteiger partial charge in [-0.15, -0.1) is 0 Å². The van der Waals surface area contributed by atoms with Gasteiger partial charge < -0.3 is 4.74 Å². The third-order valence-electron chi connectivity index (χ3n) is 6.48. The zero-order valence-corrected chi connectivity index (χ0v) is 21.4. The first-order valence-corrected chi connectivity index (χ1v) is 12.7. The van der Waals surface area contributed by atoms with E-state index < -0.39 is 0 Å². The summed E-state index contributed by atoms with van der Waals surface area (Å²) in [7, 11) is 0. The Bertz CT molecular complexity index is 1670. The zero-order valence-electron chi connectivity index (χ0n) is 21.4. The molecule has 0 spiro atoms. The molecular formula is C33H26N4O2. The first-order valence-electron chi connectivity index (χ1n) is 12.7. The number of nitrogens with zero attached hydrogens (tertiary/aromatic N) is 4. The summed E-state index contributed by atoms with van der Waals surface area (Å²) >= 11 is 0. The highest BCUT2D eigenvalue weighted by Crippen LogP contribution is 2.31. The van der Waals surface area contributed by atoms with E-state index in [9.17, 15) is 4.79 Å². The smallest absolute Gasteiger partial charge is 0.280 e. The van der Waals surface area contributed by atoms with Gasteiger partial charge in [-0.3, -0.25) is 4.79 Å². The molecule has 0 radical (unpaired) electrons. The van der Waals surface area contributed by atoms with Crippen molar-refractivity contribution in [3.05, 3.63) is 138 Å². The number of hydrogen-bond acceptors (Lipinski definition) is 4. The number of aromatic nitrogens is 2. The summed E-state index contributed by atoms with van der Waals surface area (Å²) in [5.74, 6) is 0.575. The Kier molecular flexibility index (Phi) is 6.58. The molecule has 39 heavy (non-hydrogen) atoms. The lowest BCUT2D eigenvalue weighted by molar-refractivity contribution is -0.114. The normalized spacial score (nSPS) is 14.1. The summed E-state index contributed by atoms with van der Waals surface area (Å²) in [5, 5.41) is 10.9. The van der Waals surface area contributed by atoms with Crippen LogP contribution in [0.5, 0.6) is 5.75 Å². The summed E-state index contributed by atoms with van der Waals surface area (Å²) in [6, 6.07) is 37.3. The maximum Gasteiger partial charge on any atom is 0.280 e. The van der Waals surface area contributed by atoms with E-state index in [0.717, 1.165) is 39.5 Å². The van der Waals surface area contributed by atoms with E-state index in [1.165, 1.54) is 5.01 Å². The van der Waals surface area contributed by atoms with Crippen LogP contribution in [-0.4, -0.2) is 21.4 Å². The Morgan fingerprint density at radius 3 is 2.18 bits per heavy atom. The molecule has 5 aromatic rings. The van der Waals surface area contributed by atoms with Crippen LogP contribution >= 0.6 is 0 Å². The van der Waals surface area contributed by atoms with Gasteiger partial charge in [0, 0.05) is 17.3 Å². The van der Waals surface area contributed by atoms with Gasteiger partial charge in [-0.2, -0.15) is 15.2 Å². The van der Waals surface area contributed by atoms with Crippen molar-refractivity contribution in [3.63, 3.8) is 0 Å². The van der Waals surface area contributed by atoms with Gasteiger partial charge in [0.2, 0.25) is 0 Å². The fraction of sp³-hybridized carbons (Fsp3) is 0.0606. The summed E-state index contributed by atoms with van der Waals surface area (Å²) in [5.41, 5.74) is 6.39. The molecule has 6 nitrogen and oxygen atoms in total. The molecule has 0 bridgehead atoms. The number of carbonyl (C=O) groups is 1. The lowest BCUT2D eigenvalue weighted by atomic mass is 10.0. The molecule has 0 N–H and O–H groups in total. The van der Waals surface area contributed by atoms with E-state index in [4.69, 9.17) is 9.84 Å². The highest BCUT2D eigenvalue weighted by Gasteiger charge is 2.29. The minimum atomic E-state index is -0.169. The summed E-state index contributed by atoms with van der Waals surface area (Å²) in [6.07, 6.45) is 3.82. The van der Waals surface area contributed by atoms with Crippen molar-refractivity contribution < 1.29 is 9.53 Å². The van der Waals surface area contributed by atoms with Crippen molar-refractivity contribution in [1.29, 1.82) is 0 Å². The van der Waals surface area contributed by atoms with Crippen molar-refractivity contribution in [2.45, 2.75) is 13.5 Å². The van der Waals surface area contributed by atoms with Crippen LogP contribution in [0.3, 0.4) is 0 Å². The SMILES string of the molecule is CC1=NN(c2ccccc2)C(=O)C1=Cc1cn(-c2ccccc2)nc1-c1cccc(OCc2ccccc2)c1. The molecule has 0 saturated heterocycles. The van der Waals surface area contributed by atoms with Crippen molar-refractivity contribution in [1.82, 2.24) is 9.78 Å². The molecule has 1 amide bonds. The van der Waals surface area contributed by atoms with Crippen LogP contribution in [0.4, 0.5) is 5.69 Å². The minimum absolute atomic E-state index is 0.169. The maximum atomic E-state index is 13.4. The van der Waals surface area contributed by atoms with Gasteiger partial charge in [0.15, 0.2) is 0 Å². The van der Waals surface area contributed by atoms with Crippen LogP contribution in [0, 0.1) is 0 Å². The Morgan fingerprint density at radius 1 is 0.795 bits per heavy atom. The molecule has 6 heteroatoms. The van der Waals surface area contributed by atoms with Gasteiger partial charge in [-0.1, -0.05) is 78.9 Å². The summed E-state index contributed by atoms with van der Waals surface area (Å²) in [6.45, 7) is 2.32. The second-order valence-corrected chi connectivity index (χ2v) is 9.21. The van der Waals surface area contributed by atoms with Crippen LogP contribution in [0.25, 0.3) is 23.0 Å². The number of rotatable bonds is 7. The van der Waals surface area contributed by atoms with E-state index in [2.05, 4.69) is 5.10 Å². The second kappa shape index (κ2) is 10.6. The third-order valence-corrected chi connectivity index (χ3v) is 6.48. The average molecular weight is 511 g/mol. The predicted octanol–water partition coefficient (Wildman–Crippen LogP) is 6.92. The third kappa shape index (κ3) is 5.13. The molecule has 4 aromatic carbocycles. The van der Waals surface area contributed by atoms with E-state index in [1.807, 2.05) is 139 Å².